The fourth-order valence-electron chi connectivity index (χ4n) is 1.39. The van der Waals surface area contributed by atoms with E-state index in [-0.39, 0.29) is 5.97 Å². The normalized spacial score (nSPS) is 13.2. The van der Waals surface area contributed by atoms with Crippen molar-refractivity contribution in [2.45, 2.75) is 38.8 Å². The average molecular weight is 256 g/mol. The molecule has 3 nitrogen and oxygen atoms in total. The van der Waals surface area contributed by atoms with E-state index in [0.717, 1.165) is 5.56 Å². The van der Waals surface area contributed by atoms with Crippen molar-refractivity contribution >= 4 is 17.7 Å². The lowest BCUT2D eigenvalue weighted by Crippen LogP contribution is -2.39. The summed E-state index contributed by atoms with van der Waals surface area (Å²) in [6.07, 6.45) is 0.513. The van der Waals surface area contributed by atoms with Gasteiger partial charge in [-0.1, -0.05) is 30.3 Å². The number of halogens is 1. The summed E-state index contributed by atoms with van der Waals surface area (Å²) in [5.74, 6) is -0.337. The van der Waals surface area contributed by atoms with E-state index in [1.165, 1.54) is 0 Å². The highest BCUT2D eigenvalue weighted by molar-refractivity contribution is 6.14. The predicted molar refractivity (Wildman–Crippen MR) is 68.8 cm³/mol. The minimum atomic E-state index is -0.529. The zero-order chi connectivity index (χ0) is 12.9. The molecular formula is C13H18ClNO2. The number of nitrogens with one attached hydrogen (secondary N) is 1. The summed E-state index contributed by atoms with van der Waals surface area (Å²) in [4.78, 5) is 14.3. The van der Waals surface area contributed by atoms with Crippen molar-refractivity contribution in [2.24, 2.45) is 0 Å². The molecule has 0 aliphatic carbocycles. The Kier molecular flexibility index (Phi) is 4.97. The van der Waals surface area contributed by atoms with Gasteiger partial charge in [0.1, 0.15) is 11.6 Å². The van der Waals surface area contributed by atoms with Gasteiger partial charge in [0, 0.05) is 0 Å². The number of carbonyl (C=O) groups excluding carboxylic acids is 1. The summed E-state index contributed by atoms with van der Waals surface area (Å²) in [6, 6.07) is 9.15. The van der Waals surface area contributed by atoms with Crippen LogP contribution in [0.3, 0.4) is 0 Å². The Morgan fingerprint density at radius 3 is 2.41 bits per heavy atom. The number of benzene rings is 1. The van der Waals surface area contributed by atoms with E-state index in [4.69, 9.17) is 16.5 Å². The van der Waals surface area contributed by atoms with Gasteiger partial charge in [-0.25, -0.2) is 4.84 Å². The van der Waals surface area contributed by atoms with Crippen LogP contribution in [-0.2, 0) is 16.0 Å². The molecule has 0 amide bonds. The second kappa shape index (κ2) is 6.03. The average Bonchev–Trinajstić information content (AvgIpc) is 2.24. The summed E-state index contributed by atoms with van der Waals surface area (Å²) in [7, 11) is 0. The lowest BCUT2D eigenvalue weighted by atomic mass is 10.1. The molecule has 94 valence electrons. The van der Waals surface area contributed by atoms with Gasteiger partial charge in [-0.3, -0.25) is 4.79 Å². The van der Waals surface area contributed by atoms with Crippen LogP contribution < -0.4 is 4.84 Å². The molecule has 0 radical (unpaired) electrons. The van der Waals surface area contributed by atoms with Gasteiger partial charge in [-0.05, 0) is 44.5 Å². The van der Waals surface area contributed by atoms with Gasteiger partial charge in [0.15, 0.2) is 0 Å². The van der Waals surface area contributed by atoms with E-state index in [0.29, 0.717) is 6.42 Å². The SMILES string of the molecule is CC(C)(C)OC(=O)[C@H](Cc1ccccc1)NCl. The van der Waals surface area contributed by atoms with Crippen LogP contribution >= 0.6 is 11.8 Å². The quantitative estimate of drug-likeness (QED) is 0.664. The van der Waals surface area contributed by atoms with Gasteiger partial charge in [0.2, 0.25) is 0 Å². The molecule has 0 bridgehead atoms. The Balaban J connectivity index is 2.63. The Morgan fingerprint density at radius 1 is 1.35 bits per heavy atom. The molecule has 1 atom stereocenters. The molecule has 0 heterocycles. The summed E-state index contributed by atoms with van der Waals surface area (Å²) < 4.78 is 5.28. The molecule has 1 rings (SSSR count). The van der Waals surface area contributed by atoms with Crippen molar-refractivity contribution in [2.75, 3.05) is 0 Å². The van der Waals surface area contributed by atoms with Crippen LogP contribution in [0.1, 0.15) is 26.3 Å². The predicted octanol–water partition coefficient (Wildman–Crippen LogP) is 2.68. The third-order valence-corrected chi connectivity index (χ3v) is 2.37. The fraction of sp³-hybridized carbons (Fsp3) is 0.462. The fourth-order valence-corrected chi connectivity index (χ4v) is 1.56. The third kappa shape index (κ3) is 5.20. The van der Waals surface area contributed by atoms with Crippen molar-refractivity contribution in [3.63, 3.8) is 0 Å². The van der Waals surface area contributed by atoms with Crippen LogP contribution in [0.15, 0.2) is 30.3 Å². The van der Waals surface area contributed by atoms with E-state index in [1.54, 1.807) is 0 Å². The Labute approximate surface area is 107 Å². The van der Waals surface area contributed by atoms with Crippen LogP contribution in [0.2, 0.25) is 0 Å². The largest absolute Gasteiger partial charge is 0.459 e. The van der Waals surface area contributed by atoms with Crippen LogP contribution in [0.25, 0.3) is 0 Å². The molecular weight excluding hydrogens is 238 g/mol. The molecule has 17 heavy (non-hydrogen) atoms. The van der Waals surface area contributed by atoms with E-state index < -0.39 is 11.6 Å². The van der Waals surface area contributed by atoms with Crippen molar-refractivity contribution in [1.82, 2.24) is 4.84 Å². The summed E-state index contributed by atoms with van der Waals surface area (Å²) in [6.45, 7) is 5.50. The summed E-state index contributed by atoms with van der Waals surface area (Å²) in [5.41, 5.74) is 0.538. The highest BCUT2D eigenvalue weighted by Gasteiger charge is 2.24. The molecule has 0 fully saturated rings. The number of ether oxygens (including phenoxy) is 1. The molecule has 0 saturated carbocycles. The molecule has 1 aromatic carbocycles. The Morgan fingerprint density at radius 2 is 1.94 bits per heavy atom. The van der Waals surface area contributed by atoms with Gasteiger partial charge in [0.25, 0.3) is 0 Å². The van der Waals surface area contributed by atoms with Gasteiger partial charge in [-0.2, -0.15) is 0 Å². The first-order valence-electron chi connectivity index (χ1n) is 5.55. The number of esters is 1. The molecule has 0 spiro atoms. The van der Waals surface area contributed by atoms with E-state index >= 15 is 0 Å². The Hall–Kier alpha value is -1.06. The maximum Gasteiger partial charge on any atom is 0.325 e. The third-order valence-electron chi connectivity index (χ3n) is 2.11. The number of hydrogen-bond donors (Lipinski definition) is 1. The minimum Gasteiger partial charge on any atom is -0.459 e. The van der Waals surface area contributed by atoms with E-state index in [2.05, 4.69) is 4.84 Å². The Bertz CT molecular complexity index is 359. The number of rotatable bonds is 4. The van der Waals surface area contributed by atoms with Gasteiger partial charge in [0.05, 0.1) is 0 Å². The molecule has 0 saturated heterocycles. The zero-order valence-electron chi connectivity index (χ0n) is 10.4. The van der Waals surface area contributed by atoms with Crippen LogP contribution in [0.4, 0.5) is 0 Å². The highest BCUT2D eigenvalue weighted by Crippen LogP contribution is 2.11. The second-order valence-corrected chi connectivity index (χ2v) is 5.10. The maximum atomic E-state index is 11.8. The van der Waals surface area contributed by atoms with E-state index in [1.807, 2.05) is 51.1 Å². The summed E-state index contributed by atoms with van der Waals surface area (Å²) in [5, 5.41) is 0. The molecule has 4 heteroatoms. The first-order chi connectivity index (χ1) is 7.92. The van der Waals surface area contributed by atoms with Crippen molar-refractivity contribution in [1.29, 1.82) is 0 Å². The smallest absolute Gasteiger partial charge is 0.325 e. The first kappa shape index (κ1) is 14.0. The standard InChI is InChI=1S/C13H18ClNO2/c1-13(2,3)17-12(16)11(15-14)9-10-7-5-4-6-8-10/h4-8,11,15H,9H2,1-3H3/t11-/m0/s1. The summed E-state index contributed by atoms with van der Waals surface area (Å²) >= 11 is 5.59. The molecule has 0 aromatic heterocycles. The topological polar surface area (TPSA) is 38.3 Å². The molecule has 0 aliphatic heterocycles. The second-order valence-electron chi connectivity index (χ2n) is 4.88. The van der Waals surface area contributed by atoms with E-state index in [9.17, 15) is 4.79 Å². The van der Waals surface area contributed by atoms with Crippen molar-refractivity contribution in [3.05, 3.63) is 35.9 Å². The molecule has 1 N–H and O–H groups in total. The van der Waals surface area contributed by atoms with Gasteiger partial charge < -0.3 is 4.74 Å². The lowest BCUT2D eigenvalue weighted by molar-refractivity contribution is -0.156. The number of hydrogen-bond acceptors (Lipinski definition) is 3. The number of carbonyl (C=O) groups is 1. The van der Waals surface area contributed by atoms with Crippen LogP contribution in [0.5, 0.6) is 0 Å². The monoisotopic (exact) mass is 255 g/mol. The van der Waals surface area contributed by atoms with Crippen molar-refractivity contribution < 1.29 is 9.53 Å². The zero-order valence-corrected chi connectivity index (χ0v) is 11.1. The van der Waals surface area contributed by atoms with Crippen molar-refractivity contribution in [3.8, 4) is 0 Å². The molecule has 0 aliphatic rings. The minimum absolute atomic E-state index is 0.337. The van der Waals surface area contributed by atoms with Gasteiger partial charge >= 0.3 is 5.97 Å². The first-order valence-corrected chi connectivity index (χ1v) is 5.93. The van der Waals surface area contributed by atoms with Crippen LogP contribution in [-0.4, -0.2) is 17.6 Å². The van der Waals surface area contributed by atoms with Crippen LogP contribution in [0, 0.1) is 0 Å². The molecule has 1 aromatic rings. The lowest BCUT2D eigenvalue weighted by Gasteiger charge is -2.23. The molecule has 0 unspecified atom stereocenters. The van der Waals surface area contributed by atoms with Gasteiger partial charge in [-0.15, -0.1) is 0 Å². The highest BCUT2D eigenvalue weighted by atomic mass is 35.5. The maximum absolute atomic E-state index is 11.8.